The van der Waals surface area contributed by atoms with Crippen LogP contribution in [0.15, 0.2) is 41.6 Å². The van der Waals surface area contributed by atoms with E-state index in [0.717, 1.165) is 6.42 Å². The lowest BCUT2D eigenvalue weighted by molar-refractivity contribution is -0.130. The fourth-order valence-corrected chi connectivity index (χ4v) is 5.98. The summed E-state index contributed by atoms with van der Waals surface area (Å²) >= 11 is 24.4. The van der Waals surface area contributed by atoms with Gasteiger partial charge in [-0.3, -0.25) is 4.79 Å². The van der Waals surface area contributed by atoms with Crippen molar-refractivity contribution >= 4 is 69.7 Å². The van der Waals surface area contributed by atoms with Gasteiger partial charge in [0.2, 0.25) is 5.91 Å². The molecule has 2 aliphatic carbocycles. The second kappa shape index (κ2) is 8.46. The van der Waals surface area contributed by atoms with E-state index in [1.54, 1.807) is 24.3 Å². The largest absolute Gasteiger partial charge is 0.367 e. The summed E-state index contributed by atoms with van der Waals surface area (Å²) in [5.41, 5.74) is -0.311. The Morgan fingerprint density at radius 2 is 1.61 bits per heavy atom. The van der Waals surface area contributed by atoms with E-state index in [4.69, 9.17) is 51.2 Å². The normalized spacial score (nSPS) is 26.5. The summed E-state index contributed by atoms with van der Waals surface area (Å²) in [6, 6.07) is 9.44. The summed E-state index contributed by atoms with van der Waals surface area (Å²) < 4.78 is 0. The topological polar surface area (TPSA) is 67.8 Å². The van der Waals surface area contributed by atoms with E-state index < -0.39 is 22.2 Å². The van der Waals surface area contributed by atoms with Crippen molar-refractivity contribution in [1.82, 2.24) is 0 Å². The molecule has 2 aromatic rings. The van der Waals surface area contributed by atoms with Crippen LogP contribution in [0.2, 0.25) is 20.1 Å². The number of hydrogen-bond acceptors (Lipinski definition) is 4. The second-order valence-corrected chi connectivity index (χ2v) is 11.0. The first-order valence-corrected chi connectivity index (χ1v) is 11.9. The number of benzene rings is 2. The number of carbonyl (C=O) groups is 2. The molecule has 2 atom stereocenters. The quantitative estimate of drug-likeness (QED) is 0.327. The van der Waals surface area contributed by atoms with Gasteiger partial charge in [0.05, 0.1) is 32.4 Å². The number of nitrogens with zero attached hydrogens (tertiary/aromatic N) is 1. The summed E-state index contributed by atoms with van der Waals surface area (Å²) in [6.07, 6.45) is 1.77. The van der Waals surface area contributed by atoms with Gasteiger partial charge in [0, 0.05) is 21.9 Å². The number of halogens is 4. The minimum Gasteiger partial charge on any atom is -0.324 e. The zero-order valence-electron chi connectivity index (χ0n) is 18.3. The number of rotatable bonds is 4. The summed E-state index contributed by atoms with van der Waals surface area (Å²) in [5, 5.41) is 8.67. The van der Waals surface area contributed by atoms with Crippen molar-refractivity contribution in [2.75, 3.05) is 5.32 Å². The molecule has 9 heteroatoms. The third-order valence-corrected chi connectivity index (χ3v) is 8.85. The Morgan fingerprint density at radius 3 is 2.30 bits per heavy atom. The lowest BCUT2D eigenvalue weighted by Crippen LogP contribution is -2.43. The fraction of sp³-hybridized carbons (Fsp3) is 0.375. The zero-order valence-corrected chi connectivity index (χ0v) is 21.3. The first kappa shape index (κ1) is 24.3. The van der Waals surface area contributed by atoms with Crippen LogP contribution >= 0.6 is 46.4 Å². The van der Waals surface area contributed by atoms with Crippen molar-refractivity contribution in [2.24, 2.45) is 21.4 Å². The van der Waals surface area contributed by atoms with E-state index in [0.29, 0.717) is 39.3 Å². The highest BCUT2D eigenvalue weighted by Crippen LogP contribution is 2.71. The molecule has 0 radical (unpaired) electrons. The molecule has 0 spiro atoms. The maximum atomic E-state index is 13.6. The molecule has 2 bridgehead atoms. The van der Waals surface area contributed by atoms with E-state index >= 15 is 0 Å². The smallest absolute Gasteiger partial charge is 0.324 e. The highest BCUT2D eigenvalue weighted by atomic mass is 35.5. The Kier molecular flexibility index (Phi) is 6.24. The standard InChI is InChI=1S/C24H22Cl4N2O3/c1-22(2)23(3)8-9-24(22,21(32)29-18-11-14(26)5-7-16(18)27)12-19(23)30-33-20(31)15-6-4-13(25)10-17(15)28/h4-7,10-11H,8-9,12H2,1-3H3,(H,29,32)/b30-19+. The maximum Gasteiger partial charge on any atom is 0.367 e. The van der Waals surface area contributed by atoms with Crippen molar-refractivity contribution in [3.05, 3.63) is 62.1 Å². The number of carbonyl (C=O) groups excluding carboxylic acids is 2. The van der Waals surface area contributed by atoms with Gasteiger partial charge in [0.1, 0.15) is 0 Å². The number of fused-ring (bicyclic) bond motifs is 2. The molecule has 2 aromatic carbocycles. The van der Waals surface area contributed by atoms with Crippen molar-refractivity contribution < 1.29 is 14.4 Å². The zero-order chi connectivity index (χ0) is 24.2. The van der Waals surface area contributed by atoms with E-state index in [9.17, 15) is 9.59 Å². The molecule has 33 heavy (non-hydrogen) atoms. The van der Waals surface area contributed by atoms with Gasteiger partial charge in [-0.1, -0.05) is 72.3 Å². The van der Waals surface area contributed by atoms with Crippen molar-refractivity contribution in [3.8, 4) is 0 Å². The van der Waals surface area contributed by atoms with Crippen LogP contribution in [0, 0.1) is 16.2 Å². The van der Waals surface area contributed by atoms with Crippen LogP contribution in [-0.2, 0) is 9.63 Å². The van der Waals surface area contributed by atoms with Gasteiger partial charge in [0.25, 0.3) is 0 Å². The van der Waals surface area contributed by atoms with Crippen LogP contribution < -0.4 is 5.32 Å². The number of oxime groups is 1. The summed E-state index contributed by atoms with van der Waals surface area (Å²) in [4.78, 5) is 31.4. The maximum absolute atomic E-state index is 13.6. The Balaban J connectivity index is 1.61. The van der Waals surface area contributed by atoms with E-state index in [1.807, 2.05) is 0 Å². The lowest BCUT2D eigenvalue weighted by Gasteiger charge is -2.39. The van der Waals surface area contributed by atoms with Crippen LogP contribution in [0.25, 0.3) is 0 Å². The first-order chi connectivity index (χ1) is 15.4. The molecule has 2 fully saturated rings. The molecular formula is C24H22Cl4N2O3. The van der Waals surface area contributed by atoms with Crippen molar-refractivity contribution in [1.29, 1.82) is 0 Å². The van der Waals surface area contributed by atoms with E-state index in [-0.39, 0.29) is 16.5 Å². The molecule has 0 aromatic heterocycles. The van der Waals surface area contributed by atoms with E-state index in [2.05, 4.69) is 31.2 Å². The first-order valence-electron chi connectivity index (χ1n) is 10.4. The Bertz CT molecular complexity index is 1200. The minimum absolute atomic E-state index is 0.155. The fourth-order valence-electron chi connectivity index (χ4n) is 5.16. The molecule has 5 nitrogen and oxygen atoms in total. The number of anilines is 1. The van der Waals surface area contributed by atoms with Gasteiger partial charge in [-0.2, -0.15) is 0 Å². The molecule has 1 N–H and O–H groups in total. The molecule has 2 aliphatic rings. The number of amides is 1. The van der Waals surface area contributed by atoms with Crippen LogP contribution in [0.5, 0.6) is 0 Å². The lowest BCUT2D eigenvalue weighted by atomic mass is 9.64. The van der Waals surface area contributed by atoms with Crippen molar-refractivity contribution in [3.63, 3.8) is 0 Å². The molecule has 174 valence electrons. The highest BCUT2D eigenvalue weighted by molar-refractivity contribution is 6.37. The Morgan fingerprint density at radius 1 is 0.939 bits per heavy atom. The average molecular weight is 528 g/mol. The third-order valence-electron chi connectivity index (χ3n) is 7.73. The van der Waals surface area contributed by atoms with Crippen LogP contribution in [0.1, 0.15) is 50.4 Å². The third kappa shape index (κ3) is 3.83. The van der Waals surface area contributed by atoms with Gasteiger partial charge < -0.3 is 10.2 Å². The Labute approximate surface area is 212 Å². The average Bonchev–Trinajstić information content (AvgIpc) is 3.05. The number of hydrogen-bond donors (Lipinski definition) is 1. The van der Waals surface area contributed by atoms with Gasteiger partial charge >= 0.3 is 5.97 Å². The molecule has 2 saturated carbocycles. The molecule has 1 amide bonds. The van der Waals surface area contributed by atoms with Gasteiger partial charge in [-0.05, 0) is 54.7 Å². The van der Waals surface area contributed by atoms with Crippen LogP contribution in [0.3, 0.4) is 0 Å². The molecule has 2 unspecified atom stereocenters. The van der Waals surface area contributed by atoms with E-state index in [1.165, 1.54) is 12.1 Å². The van der Waals surface area contributed by atoms with Crippen LogP contribution in [0.4, 0.5) is 5.69 Å². The predicted molar refractivity (Wildman–Crippen MR) is 133 cm³/mol. The second-order valence-electron chi connectivity index (χ2n) is 9.34. The molecule has 0 aliphatic heterocycles. The van der Waals surface area contributed by atoms with Crippen LogP contribution in [-0.4, -0.2) is 17.6 Å². The molecule has 0 saturated heterocycles. The molecule has 4 rings (SSSR count). The SMILES string of the molecule is CC12CCC(C(=O)Nc3cc(Cl)ccc3Cl)(C/C1=N\OC(=O)c1ccc(Cl)cc1Cl)C2(C)C. The summed E-state index contributed by atoms with van der Waals surface area (Å²) in [5.74, 6) is -0.838. The van der Waals surface area contributed by atoms with Gasteiger partial charge in [-0.15, -0.1) is 0 Å². The summed E-state index contributed by atoms with van der Waals surface area (Å²) in [6.45, 7) is 6.17. The van der Waals surface area contributed by atoms with Gasteiger partial charge in [0.15, 0.2) is 0 Å². The monoisotopic (exact) mass is 526 g/mol. The highest BCUT2D eigenvalue weighted by Gasteiger charge is 2.71. The Hall–Kier alpha value is -1.79. The molecule has 0 heterocycles. The molecular weight excluding hydrogens is 506 g/mol. The summed E-state index contributed by atoms with van der Waals surface area (Å²) in [7, 11) is 0. The minimum atomic E-state index is -0.740. The van der Waals surface area contributed by atoms with Crippen molar-refractivity contribution in [2.45, 2.75) is 40.0 Å². The van der Waals surface area contributed by atoms with Gasteiger partial charge in [-0.25, -0.2) is 4.79 Å². The predicted octanol–water partition coefficient (Wildman–Crippen LogP) is 7.67. The number of nitrogens with one attached hydrogen (secondary N) is 1.